The Hall–Kier alpha value is -0.250. The molecule has 4 heteroatoms. The van der Waals surface area contributed by atoms with Crippen molar-refractivity contribution in [3.05, 3.63) is 0 Å². The van der Waals surface area contributed by atoms with Gasteiger partial charge in [-0.3, -0.25) is 0 Å². The summed E-state index contributed by atoms with van der Waals surface area (Å²) in [5, 5.41) is 0. The molecule has 15 heavy (non-hydrogen) atoms. The van der Waals surface area contributed by atoms with E-state index in [1.807, 2.05) is 0 Å². The molecule has 90 valence electrons. The summed E-state index contributed by atoms with van der Waals surface area (Å²) in [5.74, 6) is -1.33. The molecule has 1 saturated heterocycles. The zero-order valence-corrected chi connectivity index (χ0v) is 9.64. The molecule has 1 heterocycles. The third kappa shape index (κ3) is 3.37. The Labute approximate surface area is 89.6 Å². The van der Waals surface area contributed by atoms with E-state index >= 15 is 0 Å². The van der Waals surface area contributed by atoms with Crippen molar-refractivity contribution in [3.63, 3.8) is 0 Å². The van der Waals surface area contributed by atoms with Crippen LogP contribution in [0.3, 0.4) is 0 Å². The highest BCUT2D eigenvalue weighted by Gasteiger charge is 2.41. The molecule has 1 aliphatic heterocycles. The minimum atomic E-state index is -4.02. The summed E-state index contributed by atoms with van der Waals surface area (Å²) in [6.07, 6.45) is -2.66. The van der Waals surface area contributed by atoms with Crippen LogP contribution in [0.4, 0.5) is 13.2 Å². The predicted molar refractivity (Wildman–Crippen MR) is 54.7 cm³/mol. The summed E-state index contributed by atoms with van der Waals surface area (Å²) in [6.45, 7) is 7.11. The van der Waals surface area contributed by atoms with Crippen molar-refractivity contribution in [1.82, 2.24) is 4.90 Å². The number of alkyl halides is 3. The SMILES string of the molecule is CC(C)N1CCC(C(C)C(F)(F)F)CC1. The summed E-state index contributed by atoms with van der Waals surface area (Å²) in [4.78, 5) is 2.25. The fourth-order valence-corrected chi connectivity index (χ4v) is 2.20. The number of likely N-dealkylation sites (tertiary alicyclic amines) is 1. The Morgan fingerprint density at radius 2 is 1.53 bits per heavy atom. The molecule has 0 amide bonds. The zero-order chi connectivity index (χ0) is 11.6. The fraction of sp³-hybridized carbons (Fsp3) is 1.00. The molecule has 1 unspecified atom stereocenters. The van der Waals surface area contributed by atoms with E-state index in [1.54, 1.807) is 0 Å². The van der Waals surface area contributed by atoms with Gasteiger partial charge >= 0.3 is 6.18 Å². The highest BCUT2D eigenvalue weighted by atomic mass is 19.4. The monoisotopic (exact) mass is 223 g/mol. The van der Waals surface area contributed by atoms with Crippen LogP contribution in [0.15, 0.2) is 0 Å². The first-order valence-electron chi connectivity index (χ1n) is 5.63. The maximum absolute atomic E-state index is 12.5. The highest BCUT2D eigenvalue weighted by molar-refractivity contribution is 4.80. The van der Waals surface area contributed by atoms with Crippen molar-refractivity contribution in [2.24, 2.45) is 11.8 Å². The number of piperidine rings is 1. The lowest BCUT2D eigenvalue weighted by Crippen LogP contribution is -2.42. The van der Waals surface area contributed by atoms with Crippen molar-refractivity contribution >= 4 is 0 Å². The van der Waals surface area contributed by atoms with Crippen LogP contribution in [0.1, 0.15) is 33.6 Å². The molecule has 0 aliphatic carbocycles. The quantitative estimate of drug-likeness (QED) is 0.694. The molecule has 0 N–H and O–H groups in total. The van der Waals surface area contributed by atoms with Gasteiger partial charge in [0.15, 0.2) is 0 Å². The van der Waals surface area contributed by atoms with Crippen LogP contribution in [-0.2, 0) is 0 Å². The molecular formula is C11H20F3N. The van der Waals surface area contributed by atoms with E-state index in [9.17, 15) is 13.2 Å². The first-order valence-corrected chi connectivity index (χ1v) is 5.63. The van der Waals surface area contributed by atoms with E-state index in [0.717, 1.165) is 13.1 Å². The van der Waals surface area contributed by atoms with Crippen LogP contribution in [-0.4, -0.2) is 30.2 Å². The van der Waals surface area contributed by atoms with Crippen molar-refractivity contribution < 1.29 is 13.2 Å². The Kier molecular flexibility index (Phi) is 4.04. The van der Waals surface area contributed by atoms with E-state index in [-0.39, 0.29) is 5.92 Å². The molecule has 1 atom stereocenters. The summed E-state index contributed by atoms with van der Waals surface area (Å²) in [6, 6.07) is 0.451. The normalized spacial score (nSPS) is 23.4. The summed E-state index contributed by atoms with van der Waals surface area (Å²) in [5.41, 5.74) is 0. The second kappa shape index (κ2) is 4.73. The number of hydrogen-bond acceptors (Lipinski definition) is 1. The molecule has 1 fully saturated rings. The van der Waals surface area contributed by atoms with Crippen LogP contribution in [0, 0.1) is 11.8 Å². The largest absolute Gasteiger partial charge is 0.391 e. The Bertz CT molecular complexity index is 192. The third-order valence-corrected chi connectivity index (χ3v) is 3.53. The van der Waals surface area contributed by atoms with E-state index in [1.165, 1.54) is 6.92 Å². The Morgan fingerprint density at radius 1 is 1.07 bits per heavy atom. The van der Waals surface area contributed by atoms with Crippen LogP contribution in [0.25, 0.3) is 0 Å². The van der Waals surface area contributed by atoms with Crippen molar-refractivity contribution in [3.8, 4) is 0 Å². The number of nitrogens with zero attached hydrogens (tertiary/aromatic N) is 1. The van der Waals surface area contributed by atoms with E-state index in [4.69, 9.17) is 0 Å². The minimum Gasteiger partial charge on any atom is -0.301 e. The summed E-state index contributed by atoms with van der Waals surface area (Å²) < 4.78 is 37.4. The maximum atomic E-state index is 12.5. The minimum absolute atomic E-state index is 0.181. The van der Waals surface area contributed by atoms with Gasteiger partial charge in [-0.05, 0) is 45.7 Å². The number of hydrogen-bond donors (Lipinski definition) is 0. The molecule has 0 radical (unpaired) electrons. The summed E-state index contributed by atoms with van der Waals surface area (Å²) >= 11 is 0. The molecular weight excluding hydrogens is 203 g/mol. The Morgan fingerprint density at radius 3 is 1.87 bits per heavy atom. The maximum Gasteiger partial charge on any atom is 0.391 e. The Balaban J connectivity index is 2.44. The number of halogens is 3. The number of rotatable bonds is 2. The van der Waals surface area contributed by atoms with Gasteiger partial charge in [-0.15, -0.1) is 0 Å². The molecule has 0 aromatic heterocycles. The van der Waals surface area contributed by atoms with E-state index in [0.29, 0.717) is 18.9 Å². The first-order chi connectivity index (χ1) is 6.82. The van der Waals surface area contributed by atoms with Crippen molar-refractivity contribution in [2.75, 3.05) is 13.1 Å². The lowest BCUT2D eigenvalue weighted by Gasteiger charge is -2.37. The van der Waals surface area contributed by atoms with Crippen LogP contribution in [0.2, 0.25) is 0 Å². The van der Waals surface area contributed by atoms with Gasteiger partial charge < -0.3 is 4.90 Å². The molecule has 0 bridgehead atoms. The summed E-state index contributed by atoms with van der Waals surface area (Å²) in [7, 11) is 0. The van der Waals surface area contributed by atoms with E-state index < -0.39 is 12.1 Å². The van der Waals surface area contributed by atoms with Gasteiger partial charge in [-0.25, -0.2) is 0 Å². The average molecular weight is 223 g/mol. The zero-order valence-electron chi connectivity index (χ0n) is 9.64. The standard InChI is InChI=1S/C11H20F3N/c1-8(2)15-6-4-10(5-7-15)9(3)11(12,13)14/h8-10H,4-7H2,1-3H3. The van der Waals surface area contributed by atoms with Crippen LogP contribution in [0.5, 0.6) is 0 Å². The van der Waals surface area contributed by atoms with Crippen molar-refractivity contribution in [2.45, 2.75) is 45.8 Å². The van der Waals surface area contributed by atoms with Gasteiger partial charge in [-0.1, -0.05) is 6.92 Å². The van der Waals surface area contributed by atoms with Gasteiger partial charge in [0.1, 0.15) is 0 Å². The second-order valence-corrected chi connectivity index (χ2v) is 4.80. The topological polar surface area (TPSA) is 3.24 Å². The van der Waals surface area contributed by atoms with Gasteiger partial charge in [0, 0.05) is 6.04 Å². The van der Waals surface area contributed by atoms with E-state index in [2.05, 4.69) is 18.7 Å². The first kappa shape index (κ1) is 12.8. The molecule has 0 aromatic rings. The van der Waals surface area contributed by atoms with Gasteiger partial charge in [0.2, 0.25) is 0 Å². The predicted octanol–water partition coefficient (Wildman–Crippen LogP) is 3.31. The smallest absolute Gasteiger partial charge is 0.301 e. The van der Waals surface area contributed by atoms with Crippen molar-refractivity contribution in [1.29, 1.82) is 0 Å². The lowest BCUT2D eigenvalue weighted by atomic mass is 9.85. The average Bonchev–Trinajstić information content (AvgIpc) is 2.15. The molecule has 0 saturated carbocycles. The van der Waals surface area contributed by atoms with Gasteiger partial charge in [-0.2, -0.15) is 13.2 Å². The molecule has 1 nitrogen and oxygen atoms in total. The molecule has 0 aromatic carbocycles. The third-order valence-electron chi connectivity index (χ3n) is 3.53. The highest BCUT2D eigenvalue weighted by Crippen LogP contribution is 2.36. The lowest BCUT2D eigenvalue weighted by molar-refractivity contribution is -0.187. The van der Waals surface area contributed by atoms with Gasteiger partial charge in [0.05, 0.1) is 5.92 Å². The molecule has 1 rings (SSSR count). The second-order valence-electron chi connectivity index (χ2n) is 4.80. The fourth-order valence-electron chi connectivity index (χ4n) is 2.20. The molecule has 0 spiro atoms. The molecule has 1 aliphatic rings. The van der Waals surface area contributed by atoms with Crippen LogP contribution >= 0.6 is 0 Å². The van der Waals surface area contributed by atoms with Crippen LogP contribution < -0.4 is 0 Å². The van der Waals surface area contributed by atoms with Gasteiger partial charge in [0.25, 0.3) is 0 Å².